The highest BCUT2D eigenvalue weighted by atomic mass is 16.5. The van der Waals surface area contributed by atoms with Crippen LogP contribution in [0.2, 0.25) is 0 Å². The van der Waals surface area contributed by atoms with Crippen LogP contribution < -0.4 is 24.3 Å². The van der Waals surface area contributed by atoms with Gasteiger partial charge in [-0.15, -0.1) is 0 Å². The molecular weight excluding hydrogens is 394 g/mol. The van der Waals surface area contributed by atoms with Gasteiger partial charge in [-0.05, 0) is 66.6 Å². The summed E-state index contributed by atoms with van der Waals surface area (Å²) in [7, 11) is 4.86. The number of carbonyl (C=O) groups is 1. The first-order chi connectivity index (χ1) is 15.1. The summed E-state index contributed by atoms with van der Waals surface area (Å²) in [6.45, 7) is 0.817. The summed E-state index contributed by atoms with van der Waals surface area (Å²) in [6, 6.07) is 20.5. The summed E-state index contributed by atoms with van der Waals surface area (Å²) in [5, 5.41) is 2.96. The molecule has 0 aliphatic carbocycles. The predicted molar refractivity (Wildman–Crippen MR) is 119 cm³/mol. The van der Waals surface area contributed by atoms with Crippen molar-refractivity contribution in [2.24, 2.45) is 0 Å². The van der Waals surface area contributed by atoms with Crippen LogP contribution in [0, 0.1) is 0 Å². The molecule has 3 rings (SSSR count). The molecule has 0 atom stereocenters. The van der Waals surface area contributed by atoms with Crippen molar-refractivity contribution in [1.29, 1.82) is 0 Å². The molecule has 0 aliphatic heterocycles. The van der Waals surface area contributed by atoms with Crippen molar-refractivity contribution in [3.05, 3.63) is 83.4 Å². The van der Waals surface area contributed by atoms with Crippen molar-refractivity contribution in [2.75, 3.05) is 27.9 Å². The van der Waals surface area contributed by atoms with Crippen molar-refractivity contribution in [3.8, 4) is 23.0 Å². The average molecular weight is 421 g/mol. The fraction of sp³-hybridized carbons (Fsp3) is 0.240. The minimum atomic E-state index is -0.137. The Morgan fingerprint density at radius 3 is 2.00 bits per heavy atom. The van der Waals surface area contributed by atoms with Crippen LogP contribution in [-0.4, -0.2) is 33.8 Å². The smallest absolute Gasteiger partial charge is 0.251 e. The average Bonchev–Trinajstić information content (AvgIpc) is 2.83. The molecule has 31 heavy (non-hydrogen) atoms. The molecule has 0 heterocycles. The minimum absolute atomic E-state index is 0.137. The van der Waals surface area contributed by atoms with E-state index in [0.717, 1.165) is 29.0 Å². The second-order valence-electron chi connectivity index (χ2n) is 6.84. The molecule has 0 radical (unpaired) electrons. The lowest BCUT2D eigenvalue weighted by molar-refractivity contribution is 0.0954. The van der Waals surface area contributed by atoms with E-state index in [1.54, 1.807) is 39.5 Å². The Morgan fingerprint density at radius 2 is 1.39 bits per heavy atom. The van der Waals surface area contributed by atoms with Crippen molar-refractivity contribution >= 4 is 5.91 Å². The van der Waals surface area contributed by atoms with Crippen molar-refractivity contribution in [2.45, 2.75) is 13.0 Å². The standard InChI is InChI=1S/C25H27NO5/c1-28-21-7-4-18(5-8-21)14-15-26-25(27)19-6-13-24(30-3)20(16-19)17-31-23-11-9-22(29-2)10-12-23/h4-13,16H,14-15,17H2,1-3H3,(H,26,27). The lowest BCUT2D eigenvalue weighted by Crippen LogP contribution is -2.25. The Balaban J connectivity index is 1.59. The third-order valence-electron chi connectivity index (χ3n) is 4.85. The Bertz CT molecular complexity index is 984. The van der Waals surface area contributed by atoms with Gasteiger partial charge in [-0.3, -0.25) is 4.79 Å². The van der Waals surface area contributed by atoms with Crippen LogP contribution >= 0.6 is 0 Å². The number of benzene rings is 3. The van der Waals surface area contributed by atoms with E-state index in [2.05, 4.69) is 5.32 Å². The van der Waals surface area contributed by atoms with Gasteiger partial charge in [0.05, 0.1) is 21.3 Å². The number of hydrogen-bond acceptors (Lipinski definition) is 5. The molecule has 0 bridgehead atoms. The van der Waals surface area contributed by atoms with Crippen LogP contribution in [0.15, 0.2) is 66.7 Å². The van der Waals surface area contributed by atoms with Crippen LogP contribution in [0.5, 0.6) is 23.0 Å². The zero-order valence-corrected chi connectivity index (χ0v) is 18.0. The Labute approximate surface area is 182 Å². The van der Waals surface area contributed by atoms with E-state index < -0.39 is 0 Å². The maximum Gasteiger partial charge on any atom is 0.251 e. The molecule has 0 spiro atoms. The van der Waals surface area contributed by atoms with Gasteiger partial charge in [0.1, 0.15) is 29.6 Å². The molecule has 0 aliphatic rings. The lowest BCUT2D eigenvalue weighted by Gasteiger charge is -2.13. The summed E-state index contributed by atoms with van der Waals surface area (Å²) >= 11 is 0. The molecule has 0 saturated heterocycles. The van der Waals surface area contributed by atoms with Gasteiger partial charge in [0.25, 0.3) is 5.91 Å². The topological polar surface area (TPSA) is 66.0 Å². The quantitative estimate of drug-likeness (QED) is 0.530. The van der Waals surface area contributed by atoms with Crippen LogP contribution in [0.1, 0.15) is 21.5 Å². The van der Waals surface area contributed by atoms with Gasteiger partial charge in [0.15, 0.2) is 0 Å². The predicted octanol–water partition coefficient (Wildman–Crippen LogP) is 4.26. The number of nitrogens with one attached hydrogen (secondary N) is 1. The molecule has 0 aromatic heterocycles. The molecule has 3 aromatic carbocycles. The second kappa shape index (κ2) is 10.9. The zero-order valence-electron chi connectivity index (χ0n) is 18.0. The number of methoxy groups -OCH3 is 3. The summed E-state index contributed by atoms with van der Waals surface area (Å²) < 4.78 is 21.6. The highest BCUT2D eigenvalue weighted by molar-refractivity contribution is 5.94. The maximum absolute atomic E-state index is 12.6. The summed E-state index contributed by atoms with van der Waals surface area (Å²) in [6.07, 6.45) is 0.735. The molecule has 0 saturated carbocycles. The summed E-state index contributed by atoms with van der Waals surface area (Å²) in [5.41, 5.74) is 2.48. The van der Waals surface area contributed by atoms with Crippen molar-refractivity contribution < 1.29 is 23.7 Å². The van der Waals surface area contributed by atoms with Crippen LogP contribution in [0.4, 0.5) is 0 Å². The van der Waals surface area contributed by atoms with E-state index in [0.29, 0.717) is 23.6 Å². The Morgan fingerprint density at radius 1 is 0.774 bits per heavy atom. The fourth-order valence-electron chi connectivity index (χ4n) is 3.08. The van der Waals surface area contributed by atoms with Gasteiger partial charge in [-0.2, -0.15) is 0 Å². The molecule has 0 unspecified atom stereocenters. The van der Waals surface area contributed by atoms with Crippen LogP contribution in [0.25, 0.3) is 0 Å². The number of rotatable bonds is 10. The largest absolute Gasteiger partial charge is 0.497 e. The van der Waals surface area contributed by atoms with Gasteiger partial charge < -0.3 is 24.3 Å². The second-order valence-corrected chi connectivity index (χ2v) is 6.84. The van der Waals surface area contributed by atoms with E-state index in [4.69, 9.17) is 18.9 Å². The number of amides is 1. The molecule has 1 amide bonds. The first kappa shape index (κ1) is 22.0. The molecule has 6 nitrogen and oxygen atoms in total. The Kier molecular flexibility index (Phi) is 7.76. The number of carbonyl (C=O) groups excluding carboxylic acids is 1. The van der Waals surface area contributed by atoms with E-state index in [9.17, 15) is 4.79 Å². The van der Waals surface area contributed by atoms with E-state index in [-0.39, 0.29) is 12.5 Å². The van der Waals surface area contributed by atoms with Crippen molar-refractivity contribution in [1.82, 2.24) is 5.32 Å². The Hall–Kier alpha value is -3.67. The highest BCUT2D eigenvalue weighted by Crippen LogP contribution is 2.23. The number of hydrogen-bond donors (Lipinski definition) is 1. The van der Waals surface area contributed by atoms with E-state index in [1.165, 1.54) is 0 Å². The van der Waals surface area contributed by atoms with E-state index >= 15 is 0 Å². The van der Waals surface area contributed by atoms with Gasteiger partial charge in [0.2, 0.25) is 0 Å². The molecule has 3 aromatic rings. The monoisotopic (exact) mass is 421 g/mol. The normalized spacial score (nSPS) is 10.3. The fourth-order valence-corrected chi connectivity index (χ4v) is 3.08. The van der Waals surface area contributed by atoms with Crippen LogP contribution in [0.3, 0.4) is 0 Å². The lowest BCUT2D eigenvalue weighted by atomic mass is 10.1. The molecular formula is C25H27NO5. The third-order valence-corrected chi connectivity index (χ3v) is 4.85. The molecule has 6 heteroatoms. The van der Waals surface area contributed by atoms with Crippen LogP contribution in [-0.2, 0) is 13.0 Å². The molecule has 1 N–H and O–H groups in total. The van der Waals surface area contributed by atoms with E-state index in [1.807, 2.05) is 48.5 Å². The molecule has 162 valence electrons. The van der Waals surface area contributed by atoms with Gasteiger partial charge in [-0.25, -0.2) is 0 Å². The highest BCUT2D eigenvalue weighted by Gasteiger charge is 2.11. The van der Waals surface area contributed by atoms with Gasteiger partial charge in [0, 0.05) is 17.7 Å². The molecule has 0 fully saturated rings. The van der Waals surface area contributed by atoms with Gasteiger partial charge in [-0.1, -0.05) is 12.1 Å². The summed E-state index contributed by atoms with van der Waals surface area (Å²) in [4.78, 5) is 12.6. The summed E-state index contributed by atoms with van der Waals surface area (Å²) in [5.74, 6) is 2.82. The van der Waals surface area contributed by atoms with Crippen molar-refractivity contribution in [3.63, 3.8) is 0 Å². The maximum atomic E-state index is 12.6. The minimum Gasteiger partial charge on any atom is -0.497 e. The van der Waals surface area contributed by atoms with Gasteiger partial charge >= 0.3 is 0 Å². The first-order valence-corrected chi connectivity index (χ1v) is 9.98. The zero-order chi connectivity index (χ0) is 22.1. The third kappa shape index (κ3) is 6.15. The number of ether oxygens (including phenoxy) is 4. The SMILES string of the molecule is COc1ccc(CCNC(=O)c2ccc(OC)c(COc3ccc(OC)cc3)c2)cc1. The first-order valence-electron chi connectivity index (χ1n) is 9.98.